The minimum atomic E-state index is -2.15. The topological polar surface area (TPSA) is 62.7 Å². The molecule has 0 bridgehead atoms. The maximum Gasteiger partial charge on any atom is 0.121 e. The average Bonchev–Trinajstić information content (AvgIpc) is 3.59. The molecule has 0 unspecified atom stereocenters. The maximum absolute atomic E-state index is 12.7. The smallest absolute Gasteiger partial charge is 0.121 e. The van der Waals surface area contributed by atoms with E-state index < -0.39 is 6.85 Å². The first-order chi connectivity index (χ1) is 26.9. The van der Waals surface area contributed by atoms with Crippen LogP contribution in [0.4, 0.5) is 4.39 Å². The van der Waals surface area contributed by atoms with E-state index in [2.05, 4.69) is 105 Å². The molecular formula is C48H38FIrN3O-2. The molecule has 5 aromatic carbocycles. The molecule has 4 nitrogen and oxygen atoms in total. The van der Waals surface area contributed by atoms with Crippen molar-refractivity contribution in [2.75, 3.05) is 0 Å². The molecule has 1 radical (unpaired) electrons. The second-order valence-corrected chi connectivity index (χ2v) is 13.5. The molecule has 8 aromatic rings. The van der Waals surface area contributed by atoms with Gasteiger partial charge in [-0.05, 0) is 93.3 Å². The molecule has 8 rings (SSSR count). The first kappa shape index (κ1) is 34.1. The zero-order valence-electron chi connectivity index (χ0n) is 33.2. The number of aryl methyl sites for hydroxylation is 1. The van der Waals surface area contributed by atoms with Gasteiger partial charge < -0.3 is 14.4 Å². The van der Waals surface area contributed by atoms with Crippen molar-refractivity contribution in [3.63, 3.8) is 0 Å². The van der Waals surface area contributed by atoms with Gasteiger partial charge in [0.25, 0.3) is 0 Å². The van der Waals surface area contributed by atoms with Gasteiger partial charge in [0.15, 0.2) is 0 Å². The van der Waals surface area contributed by atoms with Crippen LogP contribution < -0.4 is 0 Å². The van der Waals surface area contributed by atoms with E-state index in [1.54, 1.807) is 12.1 Å². The Bertz CT molecular complexity index is 2670. The molecule has 0 saturated carbocycles. The summed E-state index contributed by atoms with van der Waals surface area (Å²) in [5.41, 5.74) is 12.6. The van der Waals surface area contributed by atoms with Gasteiger partial charge in [0.2, 0.25) is 0 Å². The summed E-state index contributed by atoms with van der Waals surface area (Å²) in [6.45, 7) is 6.85. The standard InChI is InChI=1S/C36H29N2O.C12H9FN.Ir/c1-22(2)28-7-5-8-29(23(3)4)35(28)27-17-18-38-33(19-27)32-10-6-9-31-30-16-15-26(20-34(30)39-36(31)32)25-13-11-24(21-37)12-14-25;1-9-2-7-12(14-8-9)10-3-5-11(13)6-4-10;/h5-9,11-20,22-23H,1-4H3;2-3,5-8H,1H3;/q2*-1;/i;1D3;. The summed E-state index contributed by atoms with van der Waals surface area (Å²) in [6, 6.07) is 44.3. The van der Waals surface area contributed by atoms with Crippen LogP contribution in [-0.4, -0.2) is 9.97 Å². The van der Waals surface area contributed by atoms with E-state index in [1.165, 1.54) is 41.1 Å². The van der Waals surface area contributed by atoms with Crippen LogP contribution in [0.3, 0.4) is 0 Å². The molecule has 0 N–H and O–H groups in total. The normalized spacial score (nSPS) is 12.0. The Kier molecular flexibility index (Phi) is 10.4. The third kappa shape index (κ3) is 7.94. The van der Waals surface area contributed by atoms with Crippen molar-refractivity contribution in [2.24, 2.45) is 0 Å². The van der Waals surface area contributed by atoms with Crippen molar-refractivity contribution in [3.8, 4) is 50.8 Å². The van der Waals surface area contributed by atoms with Gasteiger partial charge in [-0.25, -0.2) is 0 Å². The minimum absolute atomic E-state index is 0. The van der Waals surface area contributed by atoms with Crippen LogP contribution >= 0.6 is 0 Å². The number of hydrogen-bond donors (Lipinski definition) is 0. The molecule has 0 aliphatic heterocycles. The van der Waals surface area contributed by atoms with Crippen LogP contribution in [0.5, 0.6) is 0 Å². The SMILES string of the molecule is CC(C)c1cccc(C(C)C)c1-c1ccnc(-c2[c-]ccc3c2oc2cc(-c4ccc(C#N)cc4)ccc23)c1.[2H]C([2H])([2H])c1ccc(-c2[c-]cc(F)cc2)nc1.[Ir]. The fraction of sp³-hybridized carbons (Fsp3) is 0.146. The van der Waals surface area contributed by atoms with Crippen LogP contribution in [-0.2, 0) is 20.1 Å². The number of nitriles is 1. The predicted octanol–water partition coefficient (Wildman–Crippen LogP) is 12.9. The first-order valence-corrected chi connectivity index (χ1v) is 17.5. The van der Waals surface area contributed by atoms with Gasteiger partial charge in [0.1, 0.15) is 5.58 Å². The molecule has 0 aliphatic carbocycles. The molecule has 0 atom stereocenters. The second-order valence-electron chi connectivity index (χ2n) is 13.5. The number of aromatic nitrogens is 2. The fourth-order valence-electron chi connectivity index (χ4n) is 6.57. The number of furan rings is 1. The maximum atomic E-state index is 12.7. The molecule has 54 heavy (non-hydrogen) atoms. The van der Waals surface area contributed by atoms with E-state index in [4.69, 9.17) is 18.8 Å². The van der Waals surface area contributed by atoms with E-state index in [0.29, 0.717) is 28.7 Å². The summed E-state index contributed by atoms with van der Waals surface area (Å²) >= 11 is 0. The van der Waals surface area contributed by atoms with Crippen molar-refractivity contribution < 1.29 is 33.0 Å². The minimum Gasteiger partial charge on any atom is -0.501 e. The Labute approximate surface area is 333 Å². The first-order valence-electron chi connectivity index (χ1n) is 19.0. The van der Waals surface area contributed by atoms with E-state index in [-0.39, 0.29) is 31.5 Å². The van der Waals surface area contributed by atoms with Gasteiger partial charge in [-0.2, -0.15) is 5.26 Å². The van der Waals surface area contributed by atoms with Crippen molar-refractivity contribution in [1.29, 1.82) is 5.26 Å². The average molecular weight is 887 g/mol. The Balaban J connectivity index is 0.000000256. The summed E-state index contributed by atoms with van der Waals surface area (Å²) in [7, 11) is 0. The van der Waals surface area contributed by atoms with Crippen molar-refractivity contribution in [2.45, 2.75) is 46.4 Å². The van der Waals surface area contributed by atoms with Crippen LogP contribution in [0.2, 0.25) is 0 Å². The summed E-state index contributed by atoms with van der Waals surface area (Å²) in [6.07, 6.45) is 3.20. The summed E-state index contributed by atoms with van der Waals surface area (Å²) in [5.74, 6) is 0.449. The van der Waals surface area contributed by atoms with Crippen LogP contribution in [0.1, 0.15) is 65.9 Å². The van der Waals surface area contributed by atoms with Crippen LogP contribution in [0, 0.1) is 36.1 Å². The Morgan fingerprint density at radius 2 is 1.52 bits per heavy atom. The molecule has 269 valence electrons. The number of pyridine rings is 2. The Hall–Kier alpha value is -5.73. The number of halogens is 1. The Morgan fingerprint density at radius 1 is 0.759 bits per heavy atom. The second kappa shape index (κ2) is 16.5. The van der Waals surface area contributed by atoms with Crippen molar-refractivity contribution in [3.05, 3.63) is 168 Å². The van der Waals surface area contributed by atoms with Gasteiger partial charge in [-0.3, -0.25) is 4.39 Å². The monoisotopic (exact) mass is 887 g/mol. The molecule has 3 aromatic heterocycles. The van der Waals surface area contributed by atoms with Gasteiger partial charge in [-0.15, -0.1) is 48.0 Å². The largest absolute Gasteiger partial charge is 0.501 e. The quantitative estimate of drug-likeness (QED) is 0.156. The predicted molar refractivity (Wildman–Crippen MR) is 213 cm³/mol. The molecule has 6 heteroatoms. The third-order valence-corrected chi connectivity index (χ3v) is 9.27. The van der Waals surface area contributed by atoms with Crippen LogP contribution in [0.15, 0.2) is 132 Å². The molecule has 0 amide bonds. The van der Waals surface area contributed by atoms with Crippen molar-refractivity contribution in [1.82, 2.24) is 9.97 Å². The summed E-state index contributed by atoms with van der Waals surface area (Å²) in [5, 5.41) is 11.2. The Morgan fingerprint density at radius 3 is 2.17 bits per heavy atom. The molecule has 0 saturated heterocycles. The zero-order chi connectivity index (χ0) is 39.6. The molecule has 3 heterocycles. The summed E-state index contributed by atoms with van der Waals surface area (Å²) in [4.78, 5) is 8.80. The molecule has 0 aliphatic rings. The molecule has 0 spiro atoms. The van der Waals surface area contributed by atoms with Gasteiger partial charge in [0, 0.05) is 47.8 Å². The van der Waals surface area contributed by atoms with E-state index in [0.717, 1.165) is 49.9 Å². The van der Waals surface area contributed by atoms with E-state index in [9.17, 15) is 4.39 Å². The van der Waals surface area contributed by atoms with Gasteiger partial charge in [0.05, 0.1) is 17.2 Å². The number of nitrogens with zero attached hydrogens (tertiary/aromatic N) is 3. The number of hydrogen-bond acceptors (Lipinski definition) is 4. The van der Waals surface area contributed by atoms with Crippen LogP contribution in [0.25, 0.3) is 66.7 Å². The number of fused-ring (bicyclic) bond motifs is 3. The van der Waals surface area contributed by atoms with Gasteiger partial charge in [-0.1, -0.05) is 99.3 Å². The number of rotatable bonds is 6. The van der Waals surface area contributed by atoms with E-state index >= 15 is 0 Å². The third-order valence-electron chi connectivity index (χ3n) is 9.27. The molecule has 0 fully saturated rings. The zero-order valence-corrected chi connectivity index (χ0v) is 32.6. The molecular weight excluding hydrogens is 846 g/mol. The van der Waals surface area contributed by atoms with Gasteiger partial charge >= 0.3 is 0 Å². The number of benzene rings is 5. The van der Waals surface area contributed by atoms with Crippen molar-refractivity contribution >= 4 is 21.9 Å². The summed E-state index contributed by atoms with van der Waals surface area (Å²) < 4.78 is 40.8. The van der Waals surface area contributed by atoms with E-state index in [1.807, 2.05) is 36.5 Å². The fourth-order valence-corrected chi connectivity index (χ4v) is 6.57.